The second-order valence-electron chi connectivity index (χ2n) is 3.27. The van der Waals surface area contributed by atoms with Crippen LogP contribution in [0.2, 0.25) is 0 Å². The van der Waals surface area contributed by atoms with Gasteiger partial charge in [-0.25, -0.2) is 0 Å². The van der Waals surface area contributed by atoms with E-state index in [2.05, 4.69) is 22.3 Å². The van der Waals surface area contributed by atoms with Gasteiger partial charge in [0.25, 0.3) is 0 Å². The van der Waals surface area contributed by atoms with Crippen molar-refractivity contribution in [2.24, 2.45) is 5.92 Å². The second-order valence-corrected chi connectivity index (χ2v) is 3.64. The predicted octanol–water partition coefficient (Wildman–Crippen LogP) is 1.37. The van der Waals surface area contributed by atoms with Crippen LogP contribution in [-0.2, 0) is 9.53 Å². The Labute approximate surface area is 99.4 Å². The third-order valence-electron chi connectivity index (χ3n) is 2.17. The third-order valence-corrected chi connectivity index (χ3v) is 2.61. The molecule has 1 unspecified atom stereocenters. The van der Waals surface area contributed by atoms with Gasteiger partial charge >= 0.3 is 5.97 Å². The lowest BCUT2D eigenvalue weighted by Gasteiger charge is -2.10. The van der Waals surface area contributed by atoms with Crippen LogP contribution in [0.5, 0.6) is 0 Å². The minimum absolute atomic E-state index is 0.0991. The van der Waals surface area contributed by atoms with Crippen LogP contribution in [0.25, 0.3) is 0 Å². The first-order chi connectivity index (χ1) is 7.69. The highest BCUT2D eigenvalue weighted by atomic mass is 32.1. The largest absolute Gasteiger partial charge is 0.469 e. The summed E-state index contributed by atoms with van der Waals surface area (Å²) in [7, 11) is 1.30. The molecule has 86 valence electrons. The molecular formula is C11H13NO3S. The highest BCUT2D eigenvalue weighted by Gasteiger charge is 2.21. The van der Waals surface area contributed by atoms with Crippen molar-refractivity contribution in [3.05, 3.63) is 30.1 Å². The number of hydrogen-bond donors (Lipinski definition) is 1. The van der Waals surface area contributed by atoms with Crippen LogP contribution < -0.4 is 0 Å². The molecule has 16 heavy (non-hydrogen) atoms. The maximum Gasteiger partial charge on any atom is 0.309 e. The first-order valence-corrected chi connectivity index (χ1v) is 5.44. The summed E-state index contributed by atoms with van der Waals surface area (Å²) >= 11 is 4.03. The summed E-state index contributed by atoms with van der Waals surface area (Å²) in [5.41, 5.74) is 0.498. The van der Waals surface area contributed by atoms with Gasteiger partial charge in [0.15, 0.2) is 5.78 Å². The summed E-state index contributed by atoms with van der Waals surface area (Å²) < 4.78 is 4.58. The van der Waals surface area contributed by atoms with Crippen LogP contribution in [0.3, 0.4) is 0 Å². The molecule has 0 fully saturated rings. The van der Waals surface area contributed by atoms with Gasteiger partial charge in [0, 0.05) is 30.1 Å². The number of aromatic nitrogens is 1. The lowest BCUT2D eigenvalue weighted by Crippen LogP contribution is -2.21. The van der Waals surface area contributed by atoms with Gasteiger partial charge in [-0.2, -0.15) is 12.6 Å². The number of esters is 1. The Morgan fingerprint density at radius 3 is 2.81 bits per heavy atom. The molecule has 0 spiro atoms. The highest BCUT2D eigenvalue weighted by molar-refractivity contribution is 7.80. The van der Waals surface area contributed by atoms with Crippen molar-refractivity contribution in [1.29, 1.82) is 0 Å². The van der Waals surface area contributed by atoms with E-state index in [1.54, 1.807) is 18.3 Å². The number of thiol groups is 1. The molecule has 0 bridgehead atoms. The standard InChI is InChI=1S/C11H13NO3S/c1-15-11(14)9(7-16)5-10(13)8-3-2-4-12-6-8/h2-4,6,9,16H,5,7H2,1H3. The number of rotatable bonds is 5. The van der Waals surface area contributed by atoms with Gasteiger partial charge in [0.1, 0.15) is 0 Å². The zero-order valence-electron chi connectivity index (χ0n) is 8.92. The van der Waals surface area contributed by atoms with Crippen molar-refractivity contribution in [2.75, 3.05) is 12.9 Å². The quantitative estimate of drug-likeness (QED) is 0.479. The Hall–Kier alpha value is -1.36. The van der Waals surface area contributed by atoms with Crippen molar-refractivity contribution in [3.63, 3.8) is 0 Å². The van der Waals surface area contributed by atoms with E-state index >= 15 is 0 Å². The van der Waals surface area contributed by atoms with Crippen LogP contribution >= 0.6 is 12.6 Å². The number of nitrogens with zero attached hydrogens (tertiary/aromatic N) is 1. The second kappa shape index (κ2) is 6.27. The van der Waals surface area contributed by atoms with Gasteiger partial charge in [0.2, 0.25) is 0 Å². The fourth-order valence-corrected chi connectivity index (χ4v) is 1.54. The van der Waals surface area contributed by atoms with Crippen molar-refractivity contribution in [1.82, 2.24) is 4.98 Å². The molecule has 0 saturated heterocycles. The van der Waals surface area contributed by atoms with Gasteiger partial charge < -0.3 is 4.74 Å². The molecule has 1 rings (SSSR count). The summed E-state index contributed by atoms with van der Waals surface area (Å²) in [6, 6.07) is 3.35. The van der Waals surface area contributed by atoms with Crippen molar-refractivity contribution < 1.29 is 14.3 Å². The van der Waals surface area contributed by atoms with Gasteiger partial charge in [-0.3, -0.25) is 14.6 Å². The SMILES string of the molecule is COC(=O)C(CS)CC(=O)c1cccnc1. The van der Waals surface area contributed by atoms with Crippen LogP contribution in [0.1, 0.15) is 16.8 Å². The van der Waals surface area contributed by atoms with Crippen molar-refractivity contribution in [2.45, 2.75) is 6.42 Å². The third kappa shape index (κ3) is 3.34. The predicted molar refractivity (Wildman–Crippen MR) is 62.5 cm³/mol. The molecule has 1 heterocycles. The van der Waals surface area contributed by atoms with Gasteiger partial charge in [-0.05, 0) is 12.1 Å². The molecule has 0 aliphatic carbocycles. The van der Waals surface area contributed by atoms with Gasteiger partial charge in [-0.1, -0.05) is 0 Å². The first-order valence-electron chi connectivity index (χ1n) is 4.81. The summed E-state index contributed by atoms with van der Waals surface area (Å²) in [6.45, 7) is 0. The lowest BCUT2D eigenvalue weighted by molar-refractivity contribution is -0.144. The molecule has 4 nitrogen and oxygen atoms in total. The Morgan fingerprint density at radius 2 is 2.31 bits per heavy atom. The fourth-order valence-electron chi connectivity index (χ4n) is 1.26. The average molecular weight is 239 g/mol. The summed E-state index contributed by atoms with van der Waals surface area (Å²) in [5.74, 6) is -0.746. The molecule has 1 aromatic heterocycles. The Morgan fingerprint density at radius 1 is 1.56 bits per heavy atom. The molecule has 0 saturated carbocycles. The number of ketones is 1. The summed E-state index contributed by atoms with van der Waals surface area (Å²) in [6.07, 6.45) is 3.17. The molecule has 1 atom stereocenters. The van der Waals surface area contributed by atoms with E-state index in [4.69, 9.17) is 0 Å². The molecule has 0 N–H and O–H groups in total. The van der Waals surface area contributed by atoms with Crippen LogP contribution in [-0.4, -0.2) is 29.6 Å². The number of hydrogen-bond acceptors (Lipinski definition) is 5. The minimum Gasteiger partial charge on any atom is -0.469 e. The molecule has 0 aromatic carbocycles. The number of carbonyl (C=O) groups is 2. The van der Waals surface area contributed by atoms with E-state index in [1.165, 1.54) is 13.3 Å². The molecule has 0 aliphatic heterocycles. The first kappa shape index (κ1) is 12.7. The normalized spacial score (nSPS) is 11.9. The smallest absolute Gasteiger partial charge is 0.309 e. The molecule has 1 aromatic rings. The van der Waals surface area contributed by atoms with Crippen LogP contribution in [0, 0.1) is 5.92 Å². The fraction of sp³-hybridized carbons (Fsp3) is 0.364. The zero-order chi connectivity index (χ0) is 12.0. The Bertz CT molecular complexity index is 367. The Balaban J connectivity index is 2.66. The molecule has 0 amide bonds. The number of pyridine rings is 1. The number of ether oxygens (including phenoxy) is 1. The zero-order valence-corrected chi connectivity index (χ0v) is 9.81. The van der Waals surface area contributed by atoms with Crippen LogP contribution in [0.15, 0.2) is 24.5 Å². The highest BCUT2D eigenvalue weighted by Crippen LogP contribution is 2.12. The molecule has 0 radical (unpaired) electrons. The van der Waals surface area contributed by atoms with Crippen LogP contribution in [0.4, 0.5) is 0 Å². The van der Waals surface area contributed by atoms with E-state index in [1.807, 2.05) is 0 Å². The van der Waals surface area contributed by atoms with E-state index in [9.17, 15) is 9.59 Å². The maximum absolute atomic E-state index is 11.8. The van der Waals surface area contributed by atoms with Crippen molar-refractivity contribution in [3.8, 4) is 0 Å². The van der Waals surface area contributed by atoms with Gasteiger partial charge in [-0.15, -0.1) is 0 Å². The van der Waals surface area contributed by atoms with E-state index in [-0.39, 0.29) is 12.2 Å². The number of carbonyl (C=O) groups excluding carboxylic acids is 2. The summed E-state index contributed by atoms with van der Waals surface area (Å²) in [5, 5.41) is 0. The average Bonchev–Trinajstić information content (AvgIpc) is 2.35. The van der Waals surface area contributed by atoms with E-state index in [0.717, 1.165) is 0 Å². The molecular weight excluding hydrogens is 226 g/mol. The van der Waals surface area contributed by atoms with E-state index < -0.39 is 11.9 Å². The summed E-state index contributed by atoms with van der Waals surface area (Å²) in [4.78, 5) is 26.9. The topological polar surface area (TPSA) is 56.3 Å². The number of Topliss-reactive ketones (excluding diaryl/α,β-unsaturated/α-hetero) is 1. The molecule has 0 aliphatic rings. The van der Waals surface area contributed by atoms with Gasteiger partial charge in [0.05, 0.1) is 13.0 Å². The lowest BCUT2D eigenvalue weighted by atomic mass is 10.0. The molecule has 5 heteroatoms. The van der Waals surface area contributed by atoms with Crippen molar-refractivity contribution >= 4 is 24.4 Å². The van der Waals surface area contributed by atoms with E-state index in [0.29, 0.717) is 11.3 Å². The Kier molecular flexibility index (Phi) is 4.98. The monoisotopic (exact) mass is 239 g/mol. The number of methoxy groups -OCH3 is 1. The maximum atomic E-state index is 11.8. The minimum atomic E-state index is -0.499.